The number of imidazole rings is 2. The average molecular weight is 444 g/mol. The van der Waals surface area contributed by atoms with E-state index in [4.69, 9.17) is 9.72 Å². The van der Waals surface area contributed by atoms with Crippen LogP contribution < -0.4 is 16.0 Å². The standard InChI is InChI=1S/C25H25N5O3/c1-15(2)16-9-11-18(12-10-16)30-20(17-7-6-8-19(13-17)33-5)14-29-21-22(26-24(29)30)27(3)25(32)28(4)23(21)31/h6-15H,1-5H3. The number of aryl methyl sites for hydroxylation is 1. The van der Waals surface area contributed by atoms with E-state index in [9.17, 15) is 9.59 Å². The van der Waals surface area contributed by atoms with Gasteiger partial charge in [0.1, 0.15) is 5.75 Å². The zero-order valence-electron chi connectivity index (χ0n) is 19.2. The Kier molecular flexibility index (Phi) is 4.74. The van der Waals surface area contributed by atoms with Crippen molar-refractivity contribution in [1.82, 2.24) is 23.1 Å². The van der Waals surface area contributed by atoms with Crippen LogP contribution in [0.15, 0.2) is 64.3 Å². The molecule has 0 radical (unpaired) electrons. The summed E-state index contributed by atoms with van der Waals surface area (Å²) in [5.41, 5.74) is 3.83. The molecule has 2 aromatic carbocycles. The second kappa shape index (κ2) is 7.51. The maximum absolute atomic E-state index is 13.0. The van der Waals surface area contributed by atoms with Crippen molar-refractivity contribution in [2.75, 3.05) is 7.11 Å². The lowest BCUT2D eigenvalue weighted by atomic mass is 10.0. The number of benzene rings is 2. The van der Waals surface area contributed by atoms with Crippen molar-refractivity contribution >= 4 is 16.9 Å². The molecular formula is C25H25N5O3. The van der Waals surface area contributed by atoms with Crippen molar-refractivity contribution in [1.29, 1.82) is 0 Å². The molecule has 0 fully saturated rings. The van der Waals surface area contributed by atoms with E-state index in [0.29, 0.717) is 22.9 Å². The van der Waals surface area contributed by atoms with Gasteiger partial charge in [0, 0.05) is 31.5 Å². The van der Waals surface area contributed by atoms with Crippen molar-refractivity contribution in [3.63, 3.8) is 0 Å². The van der Waals surface area contributed by atoms with Gasteiger partial charge >= 0.3 is 5.69 Å². The summed E-state index contributed by atoms with van der Waals surface area (Å²) in [6, 6.07) is 16.1. The molecule has 168 valence electrons. The quantitative estimate of drug-likeness (QED) is 0.426. The largest absolute Gasteiger partial charge is 0.497 e. The van der Waals surface area contributed by atoms with Crippen LogP contribution in [0.4, 0.5) is 0 Å². The predicted octanol–water partition coefficient (Wildman–Crippen LogP) is 3.47. The Morgan fingerprint density at radius 1 is 0.970 bits per heavy atom. The van der Waals surface area contributed by atoms with Crippen LogP contribution in [0, 0.1) is 0 Å². The third kappa shape index (κ3) is 3.09. The fourth-order valence-electron chi connectivity index (χ4n) is 4.22. The van der Waals surface area contributed by atoms with Gasteiger partial charge in [-0.2, -0.15) is 4.98 Å². The highest BCUT2D eigenvalue weighted by Gasteiger charge is 2.22. The number of hydrogen-bond donors (Lipinski definition) is 0. The van der Waals surface area contributed by atoms with Gasteiger partial charge in [-0.1, -0.05) is 38.1 Å². The molecule has 0 bridgehead atoms. The Morgan fingerprint density at radius 2 is 1.70 bits per heavy atom. The molecule has 3 aromatic heterocycles. The molecule has 0 amide bonds. The number of ether oxygens (including phenoxy) is 1. The Bertz CT molecular complexity index is 1630. The van der Waals surface area contributed by atoms with Gasteiger partial charge in [-0.3, -0.25) is 22.9 Å². The van der Waals surface area contributed by atoms with Gasteiger partial charge in [-0.25, -0.2) is 4.79 Å². The second-order valence-electron chi connectivity index (χ2n) is 8.49. The first-order chi connectivity index (χ1) is 15.8. The first-order valence-electron chi connectivity index (χ1n) is 10.8. The molecule has 0 unspecified atom stereocenters. The van der Waals surface area contributed by atoms with E-state index in [1.807, 2.05) is 35.0 Å². The fourth-order valence-corrected chi connectivity index (χ4v) is 4.22. The van der Waals surface area contributed by atoms with Gasteiger partial charge in [0.2, 0.25) is 5.78 Å². The van der Waals surface area contributed by atoms with Crippen LogP contribution >= 0.6 is 0 Å². The average Bonchev–Trinajstić information content (AvgIpc) is 3.38. The third-order valence-electron chi connectivity index (χ3n) is 6.15. The summed E-state index contributed by atoms with van der Waals surface area (Å²) in [5, 5.41) is 0. The Labute approximate surface area is 189 Å². The summed E-state index contributed by atoms with van der Waals surface area (Å²) in [5.74, 6) is 1.70. The summed E-state index contributed by atoms with van der Waals surface area (Å²) >= 11 is 0. The van der Waals surface area contributed by atoms with Crippen molar-refractivity contribution in [2.24, 2.45) is 14.1 Å². The smallest absolute Gasteiger partial charge is 0.332 e. The number of fused-ring (bicyclic) bond motifs is 3. The third-order valence-corrected chi connectivity index (χ3v) is 6.15. The molecule has 0 aliphatic rings. The molecule has 5 aromatic rings. The maximum atomic E-state index is 13.0. The van der Waals surface area contributed by atoms with Crippen LogP contribution in [-0.4, -0.2) is 30.2 Å². The highest BCUT2D eigenvalue weighted by atomic mass is 16.5. The number of hydrogen-bond acceptors (Lipinski definition) is 4. The molecule has 0 spiro atoms. The first-order valence-corrected chi connectivity index (χ1v) is 10.8. The highest BCUT2D eigenvalue weighted by molar-refractivity contribution is 5.79. The minimum absolute atomic E-state index is 0.350. The summed E-state index contributed by atoms with van der Waals surface area (Å²) in [4.78, 5) is 30.3. The van der Waals surface area contributed by atoms with Crippen molar-refractivity contribution < 1.29 is 4.74 Å². The van der Waals surface area contributed by atoms with Crippen LogP contribution in [0.3, 0.4) is 0 Å². The summed E-state index contributed by atoms with van der Waals surface area (Å²) in [6.45, 7) is 4.31. The van der Waals surface area contributed by atoms with Crippen LogP contribution in [0.25, 0.3) is 33.9 Å². The Hall–Kier alpha value is -4.07. The normalized spacial score (nSPS) is 11.7. The Morgan fingerprint density at radius 3 is 2.36 bits per heavy atom. The Balaban J connectivity index is 1.90. The number of aromatic nitrogens is 5. The molecule has 8 nitrogen and oxygen atoms in total. The lowest BCUT2D eigenvalue weighted by molar-refractivity contribution is 0.415. The van der Waals surface area contributed by atoms with Gasteiger partial charge in [0.15, 0.2) is 11.2 Å². The second-order valence-corrected chi connectivity index (χ2v) is 8.49. The minimum Gasteiger partial charge on any atom is -0.497 e. The number of nitrogens with zero attached hydrogens (tertiary/aromatic N) is 5. The molecular weight excluding hydrogens is 418 g/mol. The molecule has 0 atom stereocenters. The predicted molar refractivity (Wildman–Crippen MR) is 129 cm³/mol. The molecule has 0 aliphatic carbocycles. The van der Waals surface area contributed by atoms with Gasteiger partial charge in [-0.15, -0.1) is 0 Å². The van der Waals surface area contributed by atoms with E-state index in [-0.39, 0.29) is 5.56 Å². The fraction of sp³-hybridized carbons (Fsp3) is 0.240. The van der Waals surface area contributed by atoms with E-state index in [1.54, 1.807) is 18.6 Å². The van der Waals surface area contributed by atoms with Crippen molar-refractivity contribution in [3.05, 3.63) is 81.1 Å². The zero-order valence-corrected chi connectivity index (χ0v) is 19.2. The zero-order chi connectivity index (χ0) is 23.4. The SMILES string of the molecule is COc1cccc(-c2cn3c4c(=O)n(C)c(=O)n(C)c4nc3n2-c2ccc(C(C)C)cc2)c1. The summed E-state index contributed by atoms with van der Waals surface area (Å²) < 4.78 is 11.7. The molecule has 0 saturated heterocycles. The monoisotopic (exact) mass is 443 g/mol. The number of rotatable bonds is 4. The van der Waals surface area contributed by atoms with E-state index in [1.165, 1.54) is 17.2 Å². The molecule has 5 rings (SSSR count). The van der Waals surface area contributed by atoms with Crippen LogP contribution in [0.2, 0.25) is 0 Å². The van der Waals surface area contributed by atoms with Crippen LogP contribution in [0.1, 0.15) is 25.3 Å². The van der Waals surface area contributed by atoms with Gasteiger partial charge in [0.25, 0.3) is 5.56 Å². The van der Waals surface area contributed by atoms with Gasteiger partial charge in [0.05, 0.1) is 12.8 Å². The molecule has 3 heterocycles. The molecule has 33 heavy (non-hydrogen) atoms. The van der Waals surface area contributed by atoms with E-state index < -0.39 is 5.69 Å². The lowest BCUT2D eigenvalue weighted by Gasteiger charge is -2.12. The lowest BCUT2D eigenvalue weighted by Crippen LogP contribution is -2.37. The molecule has 0 N–H and O–H groups in total. The molecule has 0 saturated carbocycles. The summed E-state index contributed by atoms with van der Waals surface area (Å²) in [6.07, 6.45) is 1.89. The first kappa shape index (κ1) is 20.8. The van der Waals surface area contributed by atoms with Crippen molar-refractivity contribution in [3.8, 4) is 22.7 Å². The van der Waals surface area contributed by atoms with E-state index >= 15 is 0 Å². The van der Waals surface area contributed by atoms with E-state index in [2.05, 4.69) is 38.1 Å². The molecule has 0 aliphatic heterocycles. The molecule has 8 heteroatoms. The van der Waals surface area contributed by atoms with E-state index in [0.717, 1.165) is 27.3 Å². The summed E-state index contributed by atoms with van der Waals surface area (Å²) in [7, 11) is 4.74. The van der Waals surface area contributed by atoms with Crippen LogP contribution in [0.5, 0.6) is 5.75 Å². The van der Waals surface area contributed by atoms with Crippen LogP contribution in [-0.2, 0) is 14.1 Å². The maximum Gasteiger partial charge on any atom is 0.332 e. The van der Waals surface area contributed by atoms with Gasteiger partial charge < -0.3 is 4.74 Å². The minimum atomic E-state index is -0.408. The topological polar surface area (TPSA) is 75.5 Å². The van der Waals surface area contributed by atoms with Crippen molar-refractivity contribution in [2.45, 2.75) is 19.8 Å². The highest BCUT2D eigenvalue weighted by Crippen LogP contribution is 2.31. The number of methoxy groups -OCH3 is 1. The van der Waals surface area contributed by atoms with Gasteiger partial charge in [-0.05, 0) is 35.7 Å².